The summed E-state index contributed by atoms with van der Waals surface area (Å²) in [4.78, 5) is 15.4. The van der Waals surface area contributed by atoms with E-state index in [1.807, 2.05) is 6.07 Å². The molecule has 1 saturated heterocycles. The van der Waals surface area contributed by atoms with Gasteiger partial charge in [0.25, 0.3) is 0 Å². The van der Waals surface area contributed by atoms with Gasteiger partial charge in [-0.3, -0.25) is 0 Å². The highest BCUT2D eigenvalue weighted by Crippen LogP contribution is 2.31. The summed E-state index contributed by atoms with van der Waals surface area (Å²) in [5, 5.41) is 0. The standard InChI is InChI=1S/C21H23NO6S/c1-24-16-10-15(11-17(13-16)25-2)21(23)28-18-5-4-14(12-19(18)26-3)20(29)22-6-8-27-9-7-22/h4-5,10-13H,6-9H2,1-3H3. The number of carbonyl (C=O) groups excluding carboxylic acids is 1. The normalized spacial score (nSPS) is 13.6. The number of morpholine rings is 1. The fraction of sp³-hybridized carbons (Fsp3) is 0.333. The topological polar surface area (TPSA) is 66.5 Å². The van der Waals surface area contributed by atoms with Crippen molar-refractivity contribution in [2.75, 3.05) is 47.6 Å². The van der Waals surface area contributed by atoms with Crippen LogP contribution in [0.3, 0.4) is 0 Å². The number of esters is 1. The van der Waals surface area contributed by atoms with Crippen molar-refractivity contribution in [2.45, 2.75) is 0 Å². The molecule has 0 aromatic heterocycles. The Kier molecular flexibility index (Phi) is 6.90. The van der Waals surface area contributed by atoms with Crippen LogP contribution < -0.4 is 18.9 Å². The van der Waals surface area contributed by atoms with E-state index >= 15 is 0 Å². The van der Waals surface area contributed by atoms with Gasteiger partial charge in [0.1, 0.15) is 16.5 Å². The van der Waals surface area contributed by atoms with Crippen LogP contribution in [-0.4, -0.2) is 63.5 Å². The zero-order valence-corrected chi connectivity index (χ0v) is 17.4. The number of methoxy groups -OCH3 is 3. The lowest BCUT2D eigenvalue weighted by atomic mass is 10.1. The number of thiocarbonyl (C=S) groups is 1. The van der Waals surface area contributed by atoms with Crippen molar-refractivity contribution in [1.82, 2.24) is 4.90 Å². The van der Waals surface area contributed by atoms with Crippen LogP contribution in [0.15, 0.2) is 36.4 Å². The number of rotatable bonds is 6. The molecule has 0 radical (unpaired) electrons. The number of ether oxygens (including phenoxy) is 5. The van der Waals surface area contributed by atoms with E-state index in [9.17, 15) is 4.79 Å². The minimum atomic E-state index is -0.552. The molecule has 1 fully saturated rings. The van der Waals surface area contributed by atoms with E-state index < -0.39 is 5.97 Å². The lowest BCUT2D eigenvalue weighted by Crippen LogP contribution is -2.40. The largest absolute Gasteiger partial charge is 0.497 e. The highest BCUT2D eigenvalue weighted by atomic mass is 32.1. The zero-order valence-electron chi connectivity index (χ0n) is 16.6. The minimum absolute atomic E-state index is 0.299. The monoisotopic (exact) mass is 417 g/mol. The molecule has 0 atom stereocenters. The average molecular weight is 417 g/mol. The molecule has 0 spiro atoms. The molecule has 8 heteroatoms. The smallest absolute Gasteiger partial charge is 0.343 e. The van der Waals surface area contributed by atoms with Gasteiger partial charge in [-0.1, -0.05) is 12.2 Å². The first kappa shape index (κ1) is 20.9. The van der Waals surface area contributed by atoms with E-state index in [1.165, 1.54) is 21.3 Å². The van der Waals surface area contributed by atoms with Gasteiger partial charge in [0.05, 0.1) is 40.1 Å². The van der Waals surface area contributed by atoms with E-state index in [1.54, 1.807) is 30.3 Å². The molecule has 0 N–H and O–H groups in total. The van der Waals surface area contributed by atoms with Gasteiger partial charge in [-0.05, 0) is 30.3 Å². The maximum absolute atomic E-state index is 12.6. The summed E-state index contributed by atoms with van der Waals surface area (Å²) in [6.07, 6.45) is 0. The van der Waals surface area contributed by atoms with Crippen LogP contribution in [0.4, 0.5) is 0 Å². The lowest BCUT2D eigenvalue weighted by molar-refractivity contribution is 0.0692. The number of nitrogens with zero attached hydrogens (tertiary/aromatic N) is 1. The predicted molar refractivity (Wildman–Crippen MR) is 112 cm³/mol. The minimum Gasteiger partial charge on any atom is -0.497 e. The fourth-order valence-electron chi connectivity index (χ4n) is 2.92. The average Bonchev–Trinajstić information content (AvgIpc) is 2.78. The lowest BCUT2D eigenvalue weighted by Gasteiger charge is -2.29. The molecule has 2 aromatic rings. The summed E-state index contributed by atoms with van der Waals surface area (Å²) in [6, 6.07) is 10.1. The van der Waals surface area contributed by atoms with E-state index in [0.717, 1.165) is 18.7 Å². The highest BCUT2D eigenvalue weighted by Gasteiger charge is 2.19. The van der Waals surface area contributed by atoms with Crippen molar-refractivity contribution in [3.8, 4) is 23.0 Å². The van der Waals surface area contributed by atoms with Gasteiger partial charge in [0.2, 0.25) is 0 Å². The Balaban J connectivity index is 1.80. The first-order valence-electron chi connectivity index (χ1n) is 9.06. The molecule has 7 nitrogen and oxygen atoms in total. The Morgan fingerprint density at radius 2 is 1.55 bits per heavy atom. The number of hydrogen-bond donors (Lipinski definition) is 0. The Morgan fingerprint density at radius 1 is 0.897 bits per heavy atom. The molecular formula is C21H23NO6S. The molecule has 2 aromatic carbocycles. The van der Waals surface area contributed by atoms with Crippen molar-refractivity contribution < 1.29 is 28.5 Å². The van der Waals surface area contributed by atoms with Crippen LogP contribution in [-0.2, 0) is 4.74 Å². The highest BCUT2D eigenvalue weighted by molar-refractivity contribution is 7.80. The molecule has 1 aliphatic rings. The molecule has 3 rings (SSSR count). The first-order valence-corrected chi connectivity index (χ1v) is 9.47. The van der Waals surface area contributed by atoms with Crippen LogP contribution in [0.1, 0.15) is 15.9 Å². The van der Waals surface area contributed by atoms with Crippen LogP contribution >= 0.6 is 12.2 Å². The Bertz CT molecular complexity index is 872. The molecule has 0 amide bonds. The molecule has 0 aliphatic carbocycles. The molecule has 1 aliphatic heterocycles. The molecule has 29 heavy (non-hydrogen) atoms. The van der Waals surface area contributed by atoms with Gasteiger partial charge >= 0.3 is 5.97 Å². The van der Waals surface area contributed by atoms with E-state index in [2.05, 4.69) is 4.90 Å². The second-order valence-electron chi connectivity index (χ2n) is 6.26. The summed E-state index contributed by atoms with van der Waals surface area (Å²) in [5.41, 5.74) is 1.12. The van der Waals surface area contributed by atoms with Gasteiger partial charge in [0, 0.05) is 24.7 Å². The van der Waals surface area contributed by atoms with Crippen molar-refractivity contribution in [1.29, 1.82) is 0 Å². The Labute approximate surface area is 175 Å². The Morgan fingerprint density at radius 3 is 2.14 bits per heavy atom. The molecule has 0 unspecified atom stereocenters. The summed E-state index contributed by atoms with van der Waals surface area (Å²) < 4.78 is 26.7. The molecule has 1 heterocycles. The van der Waals surface area contributed by atoms with Crippen molar-refractivity contribution in [3.63, 3.8) is 0 Å². The predicted octanol–water partition coefficient (Wildman–Crippen LogP) is 2.94. The third kappa shape index (κ3) is 4.96. The zero-order chi connectivity index (χ0) is 20.8. The second-order valence-corrected chi connectivity index (χ2v) is 6.65. The quantitative estimate of drug-likeness (QED) is 0.404. The third-order valence-electron chi connectivity index (χ3n) is 4.50. The molecule has 154 valence electrons. The molecular weight excluding hydrogens is 394 g/mol. The maximum atomic E-state index is 12.6. The van der Waals surface area contributed by atoms with Gasteiger partial charge in [-0.25, -0.2) is 4.79 Å². The third-order valence-corrected chi connectivity index (χ3v) is 4.99. The van der Waals surface area contributed by atoms with E-state index in [4.69, 9.17) is 35.9 Å². The fourth-order valence-corrected chi connectivity index (χ4v) is 3.23. The second kappa shape index (κ2) is 9.58. The van der Waals surface area contributed by atoms with Crippen molar-refractivity contribution >= 4 is 23.2 Å². The van der Waals surface area contributed by atoms with Gasteiger partial charge in [0.15, 0.2) is 11.5 Å². The Hall–Kier alpha value is -2.84. The molecule has 0 bridgehead atoms. The van der Waals surface area contributed by atoms with Gasteiger partial charge in [-0.15, -0.1) is 0 Å². The van der Waals surface area contributed by atoms with Crippen LogP contribution in [0, 0.1) is 0 Å². The van der Waals surface area contributed by atoms with Crippen molar-refractivity contribution in [2.24, 2.45) is 0 Å². The van der Waals surface area contributed by atoms with Crippen LogP contribution in [0.25, 0.3) is 0 Å². The summed E-state index contributed by atoms with van der Waals surface area (Å²) >= 11 is 5.59. The number of carbonyl (C=O) groups is 1. The van der Waals surface area contributed by atoms with E-state index in [-0.39, 0.29) is 0 Å². The molecule has 0 saturated carbocycles. The SMILES string of the molecule is COc1cc(OC)cc(C(=O)Oc2ccc(C(=S)N3CCOCC3)cc2OC)c1. The van der Waals surface area contributed by atoms with Gasteiger partial charge in [-0.2, -0.15) is 0 Å². The summed E-state index contributed by atoms with van der Waals surface area (Å²) in [6.45, 7) is 2.79. The number of benzene rings is 2. The van der Waals surface area contributed by atoms with Gasteiger partial charge < -0.3 is 28.6 Å². The van der Waals surface area contributed by atoms with E-state index in [0.29, 0.717) is 46.8 Å². The maximum Gasteiger partial charge on any atom is 0.343 e. The summed E-state index contributed by atoms with van der Waals surface area (Å²) in [7, 11) is 4.55. The summed E-state index contributed by atoms with van der Waals surface area (Å²) in [5.74, 6) is 1.15. The number of hydrogen-bond acceptors (Lipinski definition) is 7. The van der Waals surface area contributed by atoms with Crippen LogP contribution in [0.2, 0.25) is 0 Å². The van der Waals surface area contributed by atoms with Crippen molar-refractivity contribution in [3.05, 3.63) is 47.5 Å². The van der Waals surface area contributed by atoms with Crippen LogP contribution in [0.5, 0.6) is 23.0 Å². The first-order chi connectivity index (χ1) is 14.0.